The lowest BCUT2D eigenvalue weighted by Crippen LogP contribution is -2.23. The highest BCUT2D eigenvalue weighted by atomic mass is 16.4. The van der Waals surface area contributed by atoms with Gasteiger partial charge in [-0.15, -0.1) is 12.3 Å². The van der Waals surface area contributed by atoms with E-state index in [2.05, 4.69) is 5.92 Å². The standard InChI is InChI=1S/C9H14O2/c1-4-5-6-7-9(2,3)8(10)11/h1H,5-7H2,2-3H3,(H,10,11). The Hall–Kier alpha value is -0.970. The second-order valence-corrected chi connectivity index (χ2v) is 3.25. The van der Waals surface area contributed by atoms with Crippen molar-refractivity contribution in [2.75, 3.05) is 0 Å². The molecule has 0 spiro atoms. The monoisotopic (exact) mass is 154 g/mol. The maximum atomic E-state index is 10.6. The molecule has 0 bridgehead atoms. The molecule has 0 rings (SSSR count). The summed E-state index contributed by atoms with van der Waals surface area (Å²) in [5.74, 6) is 1.73. The second-order valence-electron chi connectivity index (χ2n) is 3.25. The molecule has 2 heteroatoms. The lowest BCUT2D eigenvalue weighted by atomic mass is 9.87. The van der Waals surface area contributed by atoms with E-state index in [-0.39, 0.29) is 0 Å². The zero-order chi connectivity index (χ0) is 8.91. The number of carboxylic acids is 1. The Balaban J connectivity index is 3.75. The summed E-state index contributed by atoms with van der Waals surface area (Å²) < 4.78 is 0. The molecule has 62 valence electrons. The first-order valence-corrected chi connectivity index (χ1v) is 3.67. The summed E-state index contributed by atoms with van der Waals surface area (Å²) in [6, 6.07) is 0. The number of carbonyl (C=O) groups is 1. The van der Waals surface area contributed by atoms with E-state index in [1.165, 1.54) is 0 Å². The van der Waals surface area contributed by atoms with E-state index >= 15 is 0 Å². The van der Waals surface area contributed by atoms with Crippen LogP contribution in [0.3, 0.4) is 0 Å². The fourth-order valence-corrected chi connectivity index (χ4v) is 0.739. The summed E-state index contributed by atoms with van der Waals surface area (Å²) in [6.45, 7) is 3.43. The van der Waals surface area contributed by atoms with Crippen LogP contribution in [-0.4, -0.2) is 11.1 Å². The molecule has 0 atom stereocenters. The third-order valence-corrected chi connectivity index (χ3v) is 1.70. The average molecular weight is 154 g/mol. The molecule has 0 aromatic rings. The molecular formula is C9H14O2. The van der Waals surface area contributed by atoms with Crippen molar-refractivity contribution < 1.29 is 9.90 Å². The molecule has 2 nitrogen and oxygen atoms in total. The Morgan fingerprint density at radius 2 is 2.18 bits per heavy atom. The van der Waals surface area contributed by atoms with Gasteiger partial charge in [0, 0.05) is 6.42 Å². The fourth-order valence-electron chi connectivity index (χ4n) is 0.739. The van der Waals surface area contributed by atoms with Crippen molar-refractivity contribution in [1.29, 1.82) is 0 Å². The minimum atomic E-state index is -0.755. The van der Waals surface area contributed by atoms with Gasteiger partial charge in [-0.3, -0.25) is 4.79 Å². The number of hydrogen-bond acceptors (Lipinski definition) is 1. The summed E-state index contributed by atoms with van der Waals surface area (Å²) in [5.41, 5.74) is -0.628. The van der Waals surface area contributed by atoms with Crippen LogP contribution in [0.4, 0.5) is 0 Å². The molecule has 0 saturated carbocycles. The number of aliphatic carboxylic acids is 1. The number of rotatable bonds is 4. The smallest absolute Gasteiger partial charge is 0.309 e. The quantitative estimate of drug-likeness (QED) is 0.496. The van der Waals surface area contributed by atoms with Crippen LogP contribution in [0.2, 0.25) is 0 Å². The van der Waals surface area contributed by atoms with E-state index in [9.17, 15) is 4.79 Å². The van der Waals surface area contributed by atoms with Crippen molar-refractivity contribution in [3.63, 3.8) is 0 Å². The lowest BCUT2D eigenvalue weighted by Gasteiger charge is -2.17. The summed E-state index contributed by atoms with van der Waals surface area (Å²) in [5, 5.41) is 8.69. The molecule has 0 aromatic heterocycles. The Morgan fingerprint density at radius 1 is 1.64 bits per heavy atom. The molecule has 0 saturated heterocycles. The van der Waals surface area contributed by atoms with E-state index in [4.69, 9.17) is 11.5 Å². The summed E-state index contributed by atoms with van der Waals surface area (Å²) in [6.07, 6.45) is 7.13. The van der Waals surface area contributed by atoms with Crippen LogP contribution in [0.5, 0.6) is 0 Å². The van der Waals surface area contributed by atoms with E-state index in [1.54, 1.807) is 13.8 Å². The van der Waals surface area contributed by atoms with Gasteiger partial charge in [0.05, 0.1) is 5.41 Å². The van der Waals surface area contributed by atoms with Gasteiger partial charge in [0.25, 0.3) is 0 Å². The molecule has 0 unspecified atom stereocenters. The molecule has 0 aromatic carbocycles. The Bertz CT molecular complexity index is 174. The molecule has 0 fully saturated rings. The number of hydrogen-bond donors (Lipinski definition) is 1. The van der Waals surface area contributed by atoms with Crippen LogP contribution < -0.4 is 0 Å². The van der Waals surface area contributed by atoms with Gasteiger partial charge in [0.2, 0.25) is 0 Å². The zero-order valence-corrected chi connectivity index (χ0v) is 7.05. The highest BCUT2D eigenvalue weighted by Gasteiger charge is 2.25. The first-order chi connectivity index (χ1) is 5.00. The van der Waals surface area contributed by atoms with E-state index in [1.807, 2.05) is 0 Å². The van der Waals surface area contributed by atoms with Gasteiger partial charge in [-0.1, -0.05) is 0 Å². The Kier molecular flexibility index (Phi) is 3.67. The molecular weight excluding hydrogens is 140 g/mol. The fraction of sp³-hybridized carbons (Fsp3) is 0.667. The third kappa shape index (κ3) is 3.67. The highest BCUT2D eigenvalue weighted by molar-refractivity contribution is 5.73. The van der Waals surface area contributed by atoms with Gasteiger partial charge in [0.15, 0.2) is 0 Å². The minimum absolute atomic E-state index is 0.628. The molecule has 0 heterocycles. The molecule has 0 aliphatic heterocycles. The van der Waals surface area contributed by atoms with Crippen molar-refractivity contribution in [2.45, 2.75) is 33.1 Å². The molecule has 11 heavy (non-hydrogen) atoms. The van der Waals surface area contributed by atoms with Crippen LogP contribution in [0.25, 0.3) is 0 Å². The van der Waals surface area contributed by atoms with Gasteiger partial charge in [-0.25, -0.2) is 0 Å². The Labute approximate surface area is 67.6 Å². The zero-order valence-electron chi connectivity index (χ0n) is 7.05. The maximum absolute atomic E-state index is 10.6. The van der Waals surface area contributed by atoms with E-state index in [0.717, 1.165) is 6.42 Å². The number of carboxylic acid groups (broad SMARTS) is 1. The van der Waals surface area contributed by atoms with E-state index in [0.29, 0.717) is 12.8 Å². The van der Waals surface area contributed by atoms with E-state index < -0.39 is 11.4 Å². The molecule has 0 aliphatic rings. The van der Waals surface area contributed by atoms with Gasteiger partial charge in [-0.2, -0.15) is 0 Å². The van der Waals surface area contributed by atoms with Crippen molar-refractivity contribution in [3.8, 4) is 12.3 Å². The van der Waals surface area contributed by atoms with Crippen LogP contribution in [0.15, 0.2) is 0 Å². The predicted molar refractivity (Wildman–Crippen MR) is 44.1 cm³/mol. The number of terminal acetylenes is 1. The molecule has 0 radical (unpaired) electrons. The van der Waals surface area contributed by atoms with Crippen LogP contribution in [0.1, 0.15) is 33.1 Å². The predicted octanol–water partition coefficient (Wildman–Crippen LogP) is 1.90. The maximum Gasteiger partial charge on any atom is 0.309 e. The minimum Gasteiger partial charge on any atom is -0.481 e. The van der Waals surface area contributed by atoms with Crippen molar-refractivity contribution in [2.24, 2.45) is 5.41 Å². The van der Waals surface area contributed by atoms with Gasteiger partial charge in [0.1, 0.15) is 0 Å². The van der Waals surface area contributed by atoms with Crippen LogP contribution in [-0.2, 0) is 4.79 Å². The summed E-state index contributed by atoms with van der Waals surface area (Å²) in [4.78, 5) is 10.6. The molecule has 0 aliphatic carbocycles. The number of unbranched alkanes of at least 4 members (excludes halogenated alkanes) is 1. The lowest BCUT2D eigenvalue weighted by molar-refractivity contribution is -0.147. The largest absolute Gasteiger partial charge is 0.481 e. The van der Waals surface area contributed by atoms with Gasteiger partial charge in [-0.05, 0) is 26.7 Å². The normalized spacial score (nSPS) is 10.6. The topological polar surface area (TPSA) is 37.3 Å². The SMILES string of the molecule is C#CCCCC(C)(C)C(=O)O. The Morgan fingerprint density at radius 3 is 2.55 bits per heavy atom. The summed E-state index contributed by atoms with van der Waals surface area (Å²) in [7, 11) is 0. The van der Waals surface area contributed by atoms with Gasteiger partial charge >= 0.3 is 5.97 Å². The molecule has 1 N–H and O–H groups in total. The highest BCUT2D eigenvalue weighted by Crippen LogP contribution is 2.22. The van der Waals surface area contributed by atoms with Crippen molar-refractivity contribution in [3.05, 3.63) is 0 Å². The molecule has 0 amide bonds. The van der Waals surface area contributed by atoms with Crippen LogP contribution in [0, 0.1) is 17.8 Å². The second kappa shape index (κ2) is 4.02. The first kappa shape index (κ1) is 10.0. The third-order valence-electron chi connectivity index (χ3n) is 1.70. The first-order valence-electron chi connectivity index (χ1n) is 3.67. The van der Waals surface area contributed by atoms with Crippen LogP contribution >= 0.6 is 0 Å². The van der Waals surface area contributed by atoms with Crippen molar-refractivity contribution in [1.82, 2.24) is 0 Å². The summed E-state index contributed by atoms with van der Waals surface area (Å²) >= 11 is 0. The van der Waals surface area contributed by atoms with Gasteiger partial charge < -0.3 is 5.11 Å². The van der Waals surface area contributed by atoms with Crippen molar-refractivity contribution >= 4 is 5.97 Å². The average Bonchev–Trinajstić information content (AvgIpc) is 1.88.